The summed E-state index contributed by atoms with van der Waals surface area (Å²) >= 11 is 0. The molecule has 0 unspecified atom stereocenters. The molecule has 174 valence electrons. The first-order valence-corrected chi connectivity index (χ1v) is 11.7. The maximum absolute atomic E-state index is 12.9. The van der Waals surface area contributed by atoms with Crippen molar-refractivity contribution in [2.24, 2.45) is 11.3 Å². The third-order valence-corrected chi connectivity index (χ3v) is 6.62. The van der Waals surface area contributed by atoms with E-state index in [9.17, 15) is 19.5 Å². The topological polar surface area (TPSA) is 107 Å². The number of carbonyl (C=O) groups excluding carboxylic acids is 2. The summed E-state index contributed by atoms with van der Waals surface area (Å²) < 4.78 is 5.79. The molecule has 0 aromatic rings. The van der Waals surface area contributed by atoms with Crippen molar-refractivity contribution in [1.29, 1.82) is 0 Å². The zero-order valence-corrected chi connectivity index (χ0v) is 21.8. The van der Waals surface area contributed by atoms with E-state index in [0.29, 0.717) is 12.5 Å². The van der Waals surface area contributed by atoms with Gasteiger partial charge in [-0.1, -0.05) is 52.4 Å². The first kappa shape index (κ1) is 30.4. The number of carbonyl (C=O) groups is 3. The molecule has 0 bridgehead atoms. The Kier molecular flexibility index (Phi) is 16.6. The number of carboxylic acid groups (broad SMARTS) is 2. The minimum absolute atomic E-state index is 0. The molecule has 2 rings (SSSR count). The van der Waals surface area contributed by atoms with E-state index in [1.165, 1.54) is 51.4 Å². The van der Waals surface area contributed by atoms with E-state index in [1.807, 2.05) is 0 Å². The second kappa shape index (κ2) is 16.9. The molecule has 2 aliphatic rings. The molecule has 0 radical (unpaired) electrons. The summed E-state index contributed by atoms with van der Waals surface area (Å²) in [5.41, 5.74) is -0.137. The predicted octanol–water partition coefficient (Wildman–Crippen LogP) is 0.00730. The van der Waals surface area contributed by atoms with Gasteiger partial charge in [0.05, 0.1) is 11.8 Å². The quantitative estimate of drug-likeness (QED) is 0.370. The number of ether oxygens (including phenoxy) is 1. The van der Waals surface area contributed by atoms with E-state index in [2.05, 4.69) is 18.7 Å². The van der Waals surface area contributed by atoms with Gasteiger partial charge in [0.2, 0.25) is 0 Å². The van der Waals surface area contributed by atoms with E-state index in [-0.39, 0.29) is 47.4 Å². The van der Waals surface area contributed by atoms with Crippen LogP contribution in [0.1, 0.15) is 90.9 Å². The van der Waals surface area contributed by atoms with Crippen LogP contribution in [0.4, 0.5) is 0 Å². The Bertz CT molecular complexity index is 512. The van der Waals surface area contributed by atoms with Crippen LogP contribution in [0.2, 0.25) is 0 Å². The van der Waals surface area contributed by atoms with E-state index in [4.69, 9.17) is 9.84 Å². The minimum atomic E-state index is -1.33. The van der Waals surface area contributed by atoms with Gasteiger partial charge in [0, 0.05) is 12.5 Å². The van der Waals surface area contributed by atoms with Crippen molar-refractivity contribution in [2.75, 3.05) is 26.2 Å². The van der Waals surface area contributed by atoms with Crippen molar-refractivity contribution in [3.63, 3.8) is 0 Å². The van der Waals surface area contributed by atoms with Gasteiger partial charge < -0.3 is 24.6 Å². The average Bonchev–Trinajstić information content (AvgIpc) is 2.76. The maximum Gasteiger partial charge on any atom is 1.00 e. The van der Waals surface area contributed by atoms with Gasteiger partial charge in [-0.15, -0.1) is 0 Å². The molecule has 8 heteroatoms. The summed E-state index contributed by atoms with van der Waals surface area (Å²) in [7, 11) is 0. The van der Waals surface area contributed by atoms with Crippen LogP contribution in [0.5, 0.6) is 0 Å². The van der Waals surface area contributed by atoms with Crippen molar-refractivity contribution in [3.8, 4) is 0 Å². The Morgan fingerprint density at radius 1 is 0.968 bits per heavy atom. The number of carboxylic acids is 2. The van der Waals surface area contributed by atoms with Crippen LogP contribution >= 0.6 is 0 Å². The molecule has 0 atom stereocenters. The second-order valence-electron chi connectivity index (χ2n) is 8.48. The molecule has 0 spiro atoms. The van der Waals surface area contributed by atoms with E-state index in [0.717, 1.165) is 32.5 Å². The largest absolute Gasteiger partial charge is 1.00 e. The second-order valence-corrected chi connectivity index (χ2v) is 8.48. The van der Waals surface area contributed by atoms with Gasteiger partial charge in [-0.2, -0.15) is 0 Å². The summed E-state index contributed by atoms with van der Waals surface area (Å²) in [6, 6.07) is 0. The van der Waals surface area contributed by atoms with Gasteiger partial charge in [0.1, 0.15) is 6.61 Å². The molecule has 0 aromatic carbocycles. The molecule has 0 amide bonds. The Morgan fingerprint density at radius 3 is 1.97 bits per heavy atom. The number of rotatable bonds is 10. The van der Waals surface area contributed by atoms with Crippen molar-refractivity contribution >= 4 is 17.9 Å². The molecular formula is C23H40NNaO6. The molecule has 0 aliphatic heterocycles. The smallest absolute Gasteiger partial charge is 0.550 e. The molecule has 1 N–H and O–H groups in total. The van der Waals surface area contributed by atoms with Crippen LogP contribution in [0.25, 0.3) is 0 Å². The van der Waals surface area contributed by atoms with Gasteiger partial charge in [0.25, 0.3) is 0 Å². The number of aliphatic carboxylic acids is 2. The molecule has 0 heterocycles. The van der Waals surface area contributed by atoms with Crippen molar-refractivity contribution in [1.82, 2.24) is 4.90 Å². The van der Waals surface area contributed by atoms with Crippen molar-refractivity contribution < 1.29 is 58.9 Å². The predicted molar refractivity (Wildman–Crippen MR) is 113 cm³/mol. The first-order chi connectivity index (χ1) is 14.4. The van der Waals surface area contributed by atoms with Gasteiger partial charge in [-0.3, -0.25) is 9.59 Å². The normalized spacial score (nSPS) is 18.3. The van der Waals surface area contributed by atoms with Crippen molar-refractivity contribution in [2.45, 2.75) is 90.9 Å². The molecule has 2 fully saturated rings. The van der Waals surface area contributed by atoms with Gasteiger partial charge in [-0.25, -0.2) is 0 Å². The number of hydrogen-bond donors (Lipinski definition) is 1. The zero-order valence-electron chi connectivity index (χ0n) is 19.8. The third kappa shape index (κ3) is 11.2. The van der Waals surface area contributed by atoms with Gasteiger partial charge >= 0.3 is 41.5 Å². The Hall–Kier alpha value is -0.630. The van der Waals surface area contributed by atoms with Crippen LogP contribution in [-0.2, 0) is 19.1 Å². The molecule has 0 saturated heterocycles. The molecule has 2 aliphatic carbocycles. The van der Waals surface area contributed by atoms with E-state index >= 15 is 0 Å². The first-order valence-electron chi connectivity index (χ1n) is 11.7. The van der Waals surface area contributed by atoms with Crippen LogP contribution in [0.3, 0.4) is 0 Å². The fraction of sp³-hybridized carbons (Fsp3) is 0.870. The van der Waals surface area contributed by atoms with Gasteiger partial charge in [-0.05, 0) is 51.1 Å². The van der Waals surface area contributed by atoms with E-state index < -0.39 is 18.4 Å². The number of likely N-dealkylation sites (N-methyl/N-ethyl adjacent to an activating group) is 1. The summed E-state index contributed by atoms with van der Waals surface area (Å²) in [6.45, 7) is 7.82. The Morgan fingerprint density at radius 2 is 1.52 bits per heavy atom. The molecular weight excluding hydrogens is 409 g/mol. The average molecular weight is 450 g/mol. The summed E-state index contributed by atoms with van der Waals surface area (Å²) in [5.74, 6) is -1.73. The van der Waals surface area contributed by atoms with Crippen LogP contribution in [0, 0.1) is 11.3 Å². The summed E-state index contributed by atoms with van der Waals surface area (Å²) in [5, 5.41) is 17.4. The van der Waals surface area contributed by atoms with Crippen LogP contribution < -0.4 is 34.7 Å². The zero-order chi connectivity index (χ0) is 22.4. The maximum atomic E-state index is 12.9. The third-order valence-electron chi connectivity index (χ3n) is 6.62. The Balaban J connectivity index is 0.000000858. The fourth-order valence-electron chi connectivity index (χ4n) is 4.78. The van der Waals surface area contributed by atoms with Crippen LogP contribution in [-0.4, -0.2) is 54.2 Å². The number of nitrogens with zero attached hydrogens (tertiary/aromatic N) is 1. The van der Waals surface area contributed by atoms with Gasteiger partial charge in [0.15, 0.2) is 0 Å². The monoisotopic (exact) mass is 449 g/mol. The molecule has 7 nitrogen and oxygen atoms in total. The fourth-order valence-corrected chi connectivity index (χ4v) is 4.78. The molecule has 2 saturated carbocycles. The van der Waals surface area contributed by atoms with Crippen LogP contribution in [0.15, 0.2) is 0 Å². The number of hydrogen-bond acceptors (Lipinski definition) is 6. The van der Waals surface area contributed by atoms with Crippen molar-refractivity contribution in [3.05, 3.63) is 0 Å². The summed E-state index contributed by atoms with van der Waals surface area (Å²) in [6.07, 6.45) is 11.5. The molecule has 31 heavy (non-hydrogen) atoms. The number of esters is 1. The summed E-state index contributed by atoms with van der Waals surface area (Å²) in [4.78, 5) is 34.4. The standard InChI is InChI=1S/C19H35NO2.C4H6O4.Na/c1-3-20(4-2)15-16-22-18(21)19(13-9-6-10-14-19)17-11-7-5-8-12-17;5-3(6)1-2-4(7)8;/h17H,3-16H2,1-2H3;1-2H2,(H,5,6)(H,7,8);/q;;+1/p-1. The Labute approximate surface area is 209 Å². The minimum Gasteiger partial charge on any atom is -0.550 e. The van der Waals surface area contributed by atoms with E-state index in [1.54, 1.807) is 0 Å². The molecule has 0 aromatic heterocycles. The SMILES string of the molecule is CCN(CC)CCOC(=O)C1(C2CCCCC2)CCCCC1.O=C([O-])CCC(=O)O.[Na+].